The number of aromatic nitrogens is 2. The molecule has 3 rings (SSSR count). The summed E-state index contributed by atoms with van der Waals surface area (Å²) in [5, 5.41) is 15.7. The maximum atomic E-state index is 12.7. The smallest absolute Gasteiger partial charge is 0.262 e. The highest BCUT2D eigenvalue weighted by atomic mass is 32.2. The molecule has 160 valence electrons. The lowest BCUT2D eigenvalue weighted by Gasteiger charge is -2.12. The van der Waals surface area contributed by atoms with Gasteiger partial charge in [0.1, 0.15) is 11.6 Å². The summed E-state index contributed by atoms with van der Waals surface area (Å²) < 4.78 is 34.6. The normalized spacial score (nSPS) is 10.9. The van der Waals surface area contributed by atoms with Crippen molar-refractivity contribution in [1.82, 2.24) is 9.78 Å². The molecule has 0 bridgehead atoms. The van der Waals surface area contributed by atoms with Crippen molar-refractivity contribution in [2.45, 2.75) is 24.8 Å². The van der Waals surface area contributed by atoms with Gasteiger partial charge in [0.05, 0.1) is 42.4 Å². The summed E-state index contributed by atoms with van der Waals surface area (Å²) in [6.07, 6.45) is 0.260. The minimum Gasteiger partial charge on any atom is -0.495 e. The van der Waals surface area contributed by atoms with Gasteiger partial charge in [0.15, 0.2) is 0 Å². The number of hydrogen-bond acceptors (Lipinski definition) is 6. The molecule has 0 fully saturated rings. The van der Waals surface area contributed by atoms with Crippen molar-refractivity contribution in [2.24, 2.45) is 0 Å². The van der Waals surface area contributed by atoms with Crippen LogP contribution in [-0.2, 0) is 16.6 Å². The monoisotopic (exact) mass is 439 g/mol. The first kappa shape index (κ1) is 21.9. The lowest BCUT2D eigenvalue weighted by Crippen LogP contribution is -2.17. The van der Waals surface area contributed by atoms with Crippen molar-refractivity contribution >= 4 is 27.4 Å². The van der Waals surface area contributed by atoms with Gasteiger partial charge in [0.2, 0.25) is 0 Å². The van der Waals surface area contributed by atoms with Gasteiger partial charge in [-0.25, -0.2) is 13.1 Å². The quantitative estimate of drug-likeness (QED) is 0.555. The van der Waals surface area contributed by atoms with Crippen LogP contribution in [0.15, 0.2) is 59.5 Å². The van der Waals surface area contributed by atoms with E-state index in [1.165, 1.54) is 31.4 Å². The van der Waals surface area contributed by atoms with Crippen LogP contribution in [0.5, 0.6) is 5.75 Å². The first-order valence-corrected chi connectivity index (χ1v) is 10.8. The zero-order valence-electron chi connectivity index (χ0n) is 17.0. The lowest BCUT2D eigenvalue weighted by molar-refractivity contribution is 0.102. The zero-order valence-corrected chi connectivity index (χ0v) is 17.8. The minimum atomic E-state index is -3.87. The number of nitrogens with zero attached hydrogens (tertiary/aromatic N) is 3. The molecule has 0 saturated heterocycles. The second-order valence-electron chi connectivity index (χ2n) is 6.59. The number of carbonyl (C=O) groups excluding carboxylic acids is 1. The fraction of sp³-hybridized carbons (Fsp3) is 0.190. The van der Waals surface area contributed by atoms with E-state index in [0.29, 0.717) is 29.5 Å². The molecule has 0 radical (unpaired) electrons. The van der Waals surface area contributed by atoms with Crippen LogP contribution in [0.1, 0.15) is 22.5 Å². The number of para-hydroxylation sites is 2. The topological polar surface area (TPSA) is 126 Å². The van der Waals surface area contributed by atoms with Crippen LogP contribution in [-0.4, -0.2) is 31.2 Å². The van der Waals surface area contributed by atoms with E-state index in [-0.39, 0.29) is 16.9 Å². The van der Waals surface area contributed by atoms with E-state index in [1.54, 1.807) is 41.9 Å². The number of anilines is 2. The number of amides is 1. The molecule has 0 unspecified atom stereocenters. The molecule has 2 aromatic carbocycles. The summed E-state index contributed by atoms with van der Waals surface area (Å²) in [5.74, 6) is 0.442. The summed E-state index contributed by atoms with van der Waals surface area (Å²) in [6, 6.07) is 16.0. The fourth-order valence-corrected chi connectivity index (χ4v) is 3.95. The standard InChI is InChI=1S/C21H21N5O4S/c1-15-14-20(26(24-15)13-5-12-22)23-21(27)16-8-10-17(11-9-16)31(28,29)25-18-6-3-4-7-19(18)30-2/h3-4,6-11,14,25H,5,13H2,1-2H3,(H,23,27). The second-order valence-corrected chi connectivity index (χ2v) is 8.27. The fourth-order valence-electron chi connectivity index (χ4n) is 2.88. The number of rotatable bonds is 8. The molecule has 1 aromatic heterocycles. The average molecular weight is 439 g/mol. The SMILES string of the molecule is COc1ccccc1NS(=O)(=O)c1ccc(C(=O)Nc2cc(C)nn2CCC#N)cc1. The number of sulfonamides is 1. The molecule has 1 heterocycles. The Morgan fingerprint density at radius 2 is 1.90 bits per heavy atom. The Morgan fingerprint density at radius 3 is 2.58 bits per heavy atom. The van der Waals surface area contributed by atoms with Crippen LogP contribution >= 0.6 is 0 Å². The second kappa shape index (κ2) is 9.32. The van der Waals surface area contributed by atoms with Crippen LogP contribution in [0, 0.1) is 18.3 Å². The van der Waals surface area contributed by atoms with Crippen LogP contribution in [0.2, 0.25) is 0 Å². The molecular weight excluding hydrogens is 418 g/mol. The van der Waals surface area contributed by atoms with Gasteiger partial charge in [-0.15, -0.1) is 0 Å². The number of ether oxygens (including phenoxy) is 1. The van der Waals surface area contributed by atoms with E-state index < -0.39 is 15.9 Å². The number of carbonyl (C=O) groups is 1. The molecule has 0 aliphatic carbocycles. The maximum Gasteiger partial charge on any atom is 0.262 e. The number of nitrogens with one attached hydrogen (secondary N) is 2. The molecule has 10 heteroatoms. The first-order valence-electron chi connectivity index (χ1n) is 9.32. The van der Waals surface area contributed by atoms with Crippen LogP contribution in [0.3, 0.4) is 0 Å². The summed E-state index contributed by atoms with van der Waals surface area (Å²) in [6.45, 7) is 2.14. The van der Waals surface area contributed by atoms with Crippen molar-refractivity contribution in [3.05, 3.63) is 65.9 Å². The van der Waals surface area contributed by atoms with Gasteiger partial charge in [0, 0.05) is 11.6 Å². The molecule has 0 saturated carbocycles. The number of aryl methyl sites for hydroxylation is 2. The molecule has 0 spiro atoms. The van der Waals surface area contributed by atoms with Crippen molar-refractivity contribution in [3.8, 4) is 11.8 Å². The predicted molar refractivity (Wildman–Crippen MR) is 115 cm³/mol. The van der Waals surface area contributed by atoms with E-state index in [1.807, 2.05) is 6.07 Å². The Hall–Kier alpha value is -3.84. The maximum absolute atomic E-state index is 12.7. The number of methoxy groups -OCH3 is 1. The van der Waals surface area contributed by atoms with Crippen LogP contribution in [0.25, 0.3) is 0 Å². The summed E-state index contributed by atoms with van der Waals surface area (Å²) in [5.41, 5.74) is 1.30. The number of nitriles is 1. The van der Waals surface area contributed by atoms with Gasteiger partial charge < -0.3 is 10.1 Å². The molecule has 2 N–H and O–H groups in total. The van der Waals surface area contributed by atoms with E-state index >= 15 is 0 Å². The third-order valence-corrected chi connectivity index (χ3v) is 5.74. The lowest BCUT2D eigenvalue weighted by atomic mass is 10.2. The third-order valence-electron chi connectivity index (χ3n) is 4.36. The van der Waals surface area contributed by atoms with Gasteiger partial charge in [-0.05, 0) is 43.3 Å². The average Bonchev–Trinajstić information content (AvgIpc) is 3.11. The third kappa shape index (κ3) is 5.21. The Balaban J connectivity index is 1.75. The largest absolute Gasteiger partial charge is 0.495 e. The van der Waals surface area contributed by atoms with Gasteiger partial charge in [-0.2, -0.15) is 10.4 Å². The number of benzene rings is 2. The van der Waals surface area contributed by atoms with Gasteiger partial charge >= 0.3 is 0 Å². The Bertz CT molecular complexity index is 1230. The van der Waals surface area contributed by atoms with E-state index in [4.69, 9.17) is 10.00 Å². The van der Waals surface area contributed by atoms with E-state index in [9.17, 15) is 13.2 Å². The van der Waals surface area contributed by atoms with E-state index in [0.717, 1.165) is 0 Å². The van der Waals surface area contributed by atoms with Crippen molar-refractivity contribution < 1.29 is 17.9 Å². The summed E-state index contributed by atoms with van der Waals surface area (Å²) in [7, 11) is -2.41. The Morgan fingerprint density at radius 1 is 1.19 bits per heavy atom. The zero-order chi connectivity index (χ0) is 22.4. The summed E-state index contributed by atoms with van der Waals surface area (Å²) >= 11 is 0. The van der Waals surface area contributed by atoms with Crippen LogP contribution < -0.4 is 14.8 Å². The molecule has 1 amide bonds. The Kier molecular flexibility index (Phi) is 6.57. The first-order chi connectivity index (χ1) is 14.8. The number of hydrogen-bond donors (Lipinski definition) is 2. The van der Waals surface area contributed by atoms with Crippen molar-refractivity contribution in [2.75, 3.05) is 17.1 Å². The molecule has 3 aromatic rings. The predicted octanol–water partition coefficient (Wildman–Crippen LogP) is 3.17. The molecule has 9 nitrogen and oxygen atoms in total. The van der Waals surface area contributed by atoms with E-state index in [2.05, 4.69) is 15.1 Å². The van der Waals surface area contributed by atoms with Crippen molar-refractivity contribution in [1.29, 1.82) is 5.26 Å². The highest BCUT2D eigenvalue weighted by Crippen LogP contribution is 2.26. The molecule has 0 aliphatic rings. The summed E-state index contributed by atoms with van der Waals surface area (Å²) in [4.78, 5) is 12.6. The van der Waals surface area contributed by atoms with Gasteiger partial charge in [0.25, 0.3) is 15.9 Å². The van der Waals surface area contributed by atoms with Gasteiger partial charge in [-0.3, -0.25) is 9.52 Å². The molecule has 31 heavy (non-hydrogen) atoms. The highest BCUT2D eigenvalue weighted by Gasteiger charge is 2.18. The molecule has 0 atom stereocenters. The van der Waals surface area contributed by atoms with Crippen molar-refractivity contribution in [3.63, 3.8) is 0 Å². The molecule has 0 aliphatic heterocycles. The molecular formula is C21H21N5O4S. The highest BCUT2D eigenvalue weighted by molar-refractivity contribution is 7.92. The van der Waals surface area contributed by atoms with Gasteiger partial charge in [-0.1, -0.05) is 12.1 Å². The Labute approximate surface area is 180 Å². The van der Waals surface area contributed by atoms with Crippen LogP contribution in [0.4, 0.5) is 11.5 Å². The minimum absolute atomic E-state index is 0.00450.